The summed E-state index contributed by atoms with van der Waals surface area (Å²) in [4.78, 5) is 15.3. The van der Waals surface area contributed by atoms with Gasteiger partial charge >= 0.3 is 0 Å². The van der Waals surface area contributed by atoms with E-state index in [1.54, 1.807) is 0 Å². The van der Waals surface area contributed by atoms with Crippen molar-refractivity contribution >= 4 is 11.5 Å². The zero-order valence-electron chi connectivity index (χ0n) is 15.9. The van der Waals surface area contributed by atoms with Crippen LogP contribution >= 0.6 is 0 Å². The van der Waals surface area contributed by atoms with E-state index in [1.807, 2.05) is 12.1 Å². The van der Waals surface area contributed by atoms with Crippen LogP contribution in [0, 0.1) is 16.7 Å². The molecule has 0 saturated carbocycles. The lowest BCUT2D eigenvalue weighted by atomic mass is 9.70. The summed E-state index contributed by atoms with van der Waals surface area (Å²) in [7, 11) is 0. The van der Waals surface area contributed by atoms with Crippen LogP contribution in [0.15, 0.2) is 47.1 Å². The summed E-state index contributed by atoms with van der Waals surface area (Å²) in [5.41, 5.74) is 8.94. The molecule has 0 unspecified atom stereocenters. The van der Waals surface area contributed by atoms with Gasteiger partial charge in [0.2, 0.25) is 5.88 Å². The first-order chi connectivity index (χ1) is 12.9. The Morgan fingerprint density at radius 1 is 1.19 bits per heavy atom. The number of Topliss-reactive ketones (excluding diaryl/α,β-unsaturated/α-hetero) is 1. The molecule has 1 aliphatic carbocycles. The van der Waals surface area contributed by atoms with Crippen molar-refractivity contribution in [3.63, 3.8) is 0 Å². The Hall–Kier alpha value is -2.74. The number of allylic oxidation sites excluding steroid dienone is 3. The molecule has 1 atom stereocenters. The summed E-state index contributed by atoms with van der Waals surface area (Å²) < 4.78 is 5.74. The van der Waals surface area contributed by atoms with E-state index in [0.29, 0.717) is 29.7 Å². The van der Waals surface area contributed by atoms with Crippen molar-refractivity contribution in [2.24, 2.45) is 11.1 Å². The maximum Gasteiger partial charge on any atom is 0.205 e. The lowest BCUT2D eigenvalue weighted by molar-refractivity contribution is -0.119. The first-order valence-corrected chi connectivity index (χ1v) is 9.58. The minimum Gasteiger partial charge on any atom is -0.444 e. The third kappa shape index (κ3) is 3.10. The fourth-order valence-electron chi connectivity index (χ4n) is 4.47. The highest BCUT2D eigenvalue weighted by atomic mass is 16.5. The maximum atomic E-state index is 13.0. The Labute approximate surface area is 160 Å². The van der Waals surface area contributed by atoms with Crippen molar-refractivity contribution in [2.75, 3.05) is 18.0 Å². The van der Waals surface area contributed by atoms with Crippen molar-refractivity contribution in [1.29, 1.82) is 5.26 Å². The van der Waals surface area contributed by atoms with Crippen LogP contribution in [0.3, 0.4) is 0 Å². The summed E-state index contributed by atoms with van der Waals surface area (Å²) in [5, 5.41) is 9.69. The second kappa shape index (κ2) is 6.45. The molecule has 3 aliphatic rings. The number of ether oxygens (including phenoxy) is 1. The highest BCUT2D eigenvalue weighted by Gasteiger charge is 2.42. The smallest absolute Gasteiger partial charge is 0.205 e. The van der Waals surface area contributed by atoms with E-state index in [9.17, 15) is 10.1 Å². The van der Waals surface area contributed by atoms with Crippen molar-refractivity contribution in [3.05, 3.63) is 52.6 Å². The molecule has 0 bridgehead atoms. The van der Waals surface area contributed by atoms with Gasteiger partial charge < -0.3 is 15.4 Å². The van der Waals surface area contributed by atoms with E-state index in [0.717, 1.165) is 18.7 Å². The second-order valence-electron chi connectivity index (χ2n) is 8.49. The Morgan fingerprint density at radius 3 is 2.48 bits per heavy atom. The molecule has 0 spiro atoms. The molecular weight excluding hydrogens is 338 g/mol. The molecule has 0 radical (unpaired) electrons. The summed E-state index contributed by atoms with van der Waals surface area (Å²) in [6.45, 7) is 6.26. The van der Waals surface area contributed by atoms with Crippen molar-refractivity contribution in [1.82, 2.24) is 0 Å². The molecule has 1 aromatic rings. The predicted molar refractivity (Wildman–Crippen MR) is 104 cm³/mol. The number of ketones is 1. The first-order valence-electron chi connectivity index (χ1n) is 9.58. The molecule has 0 amide bonds. The minimum atomic E-state index is -0.435. The molecule has 140 valence electrons. The average Bonchev–Trinajstić information content (AvgIpc) is 3.14. The largest absolute Gasteiger partial charge is 0.444 e. The molecule has 1 saturated heterocycles. The Bertz CT molecular complexity index is 881. The van der Waals surface area contributed by atoms with Gasteiger partial charge in [0.15, 0.2) is 5.78 Å². The van der Waals surface area contributed by atoms with Gasteiger partial charge in [-0.05, 0) is 36.0 Å². The minimum absolute atomic E-state index is 0.0510. The number of hydrogen-bond acceptors (Lipinski definition) is 5. The zero-order valence-corrected chi connectivity index (χ0v) is 15.9. The molecule has 1 fully saturated rings. The molecule has 1 aromatic carbocycles. The van der Waals surface area contributed by atoms with Gasteiger partial charge in [0.1, 0.15) is 17.4 Å². The van der Waals surface area contributed by atoms with Gasteiger partial charge in [-0.1, -0.05) is 26.0 Å². The average molecular weight is 363 g/mol. The summed E-state index contributed by atoms with van der Waals surface area (Å²) in [6.07, 6.45) is 3.55. The lowest BCUT2D eigenvalue weighted by Gasteiger charge is -2.37. The third-order valence-corrected chi connectivity index (χ3v) is 5.77. The summed E-state index contributed by atoms with van der Waals surface area (Å²) in [5.74, 6) is 0.363. The Kier molecular flexibility index (Phi) is 4.22. The van der Waals surface area contributed by atoms with Crippen LogP contribution in [0.2, 0.25) is 0 Å². The monoisotopic (exact) mass is 363 g/mol. The van der Waals surface area contributed by atoms with Gasteiger partial charge in [-0.15, -0.1) is 0 Å². The van der Waals surface area contributed by atoms with E-state index in [2.05, 4.69) is 36.9 Å². The van der Waals surface area contributed by atoms with Gasteiger partial charge in [0.05, 0.1) is 5.92 Å². The summed E-state index contributed by atoms with van der Waals surface area (Å²) in [6, 6.07) is 10.4. The number of hydrogen-bond donors (Lipinski definition) is 1. The van der Waals surface area contributed by atoms with Gasteiger partial charge in [-0.25, -0.2) is 0 Å². The molecule has 2 heterocycles. The molecule has 0 aromatic heterocycles. The third-order valence-electron chi connectivity index (χ3n) is 5.77. The molecule has 5 nitrogen and oxygen atoms in total. The van der Waals surface area contributed by atoms with Crippen molar-refractivity contribution in [2.45, 2.75) is 45.4 Å². The number of carbonyl (C=O) groups is 1. The van der Waals surface area contributed by atoms with Gasteiger partial charge in [-0.2, -0.15) is 5.26 Å². The number of rotatable bonds is 2. The summed E-state index contributed by atoms with van der Waals surface area (Å²) >= 11 is 0. The van der Waals surface area contributed by atoms with Crippen LogP contribution in [0.25, 0.3) is 0 Å². The zero-order chi connectivity index (χ0) is 19.2. The van der Waals surface area contributed by atoms with Crippen LogP contribution in [0.4, 0.5) is 5.69 Å². The van der Waals surface area contributed by atoms with Crippen LogP contribution in [-0.2, 0) is 9.53 Å². The topological polar surface area (TPSA) is 79.3 Å². The molecule has 2 N–H and O–H groups in total. The number of nitrogens with zero attached hydrogens (tertiary/aromatic N) is 2. The molecule has 2 aliphatic heterocycles. The standard InChI is InChI=1S/C22H25N3O2/c1-22(2)11-17(26)20-18(12-22)27-21(24)16(13-23)19(20)14-5-7-15(8-6-14)25-9-3-4-10-25/h5-8,19H,3-4,9-12,24H2,1-2H3/t19-/m0/s1. The fraction of sp³-hybridized carbons (Fsp3) is 0.455. The highest BCUT2D eigenvalue weighted by molar-refractivity contribution is 6.00. The Morgan fingerprint density at radius 2 is 1.85 bits per heavy atom. The number of anilines is 1. The van der Waals surface area contributed by atoms with Crippen molar-refractivity contribution < 1.29 is 9.53 Å². The maximum absolute atomic E-state index is 13.0. The molecule has 5 heteroatoms. The lowest BCUT2D eigenvalue weighted by Crippen LogP contribution is -2.33. The number of nitrogens with two attached hydrogens (primary N) is 1. The number of benzene rings is 1. The van der Waals surface area contributed by atoms with E-state index in [-0.39, 0.29) is 17.1 Å². The molecule has 27 heavy (non-hydrogen) atoms. The van der Waals surface area contributed by atoms with Gasteiger partial charge in [0, 0.05) is 37.2 Å². The number of nitriles is 1. The van der Waals surface area contributed by atoms with Crippen molar-refractivity contribution in [3.8, 4) is 6.07 Å². The van der Waals surface area contributed by atoms with E-state index in [1.165, 1.54) is 18.5 Å². The van der Waals surface area contributed by atoms with Crippen LogP contribution in [0.5, 0.6) is 0 Å². The van der Waals surface area contributed by atoms with Crippen LogP contribution in [0.1, 0.15) is 51.0 Å². The van der Waals surface area contributed by atoms with Gasteiger partial charge in [0.25, 0.3) is 0 Å². The molecular formula is C22H25N3O2. The predicted octanol–water partition coefficient (Wildman–Crippen LogP) is 3.74. The highest BCUT2D eigenvalue weighted by Crippen LogP contribution is 2.47. The Balaban J connectivity index is 1.75. The van der Waals surface area contributed by atoms with Crippen LogP contribution in [-0.4, -0.2) is 18.9 Å². The quantitative estimate of drug-likeness (QED) is 0.866. The second-order valence-corrected chi connectivity index (χ2v) is 8.49. The van der Waals surface area contributed by atoms with E-state index in [4.69, 9.17) is 10.5 Å². The van der Waals surface area contributed by atoms with E-state index < -0.39 is 5.92 Å². The molecule has 4 rings (SSSR count). The van der Waals surface area contributed by atoms with Crippen LogP contribution < -0.4 is 10.6 Å². The normalized spacial score (nSPS) is 24.6. The fourth-order valence-corrected chi connectivity index (χ4v) is 4.47. The van der Waals surface area contributed by atoms with E-state index >= 15 is 0 Å². The van der Waals surface area contributed by atoms with Gasteiger partial charge in [-0.3, -0.25) is 4.79 Å². The number of carbonyl (C=O) groups excluding carboxylic acids is 1. The SMILES string of the molecule is CC1(C)CC(=O)C2=C(C1)OC(N)=C(C#N)[C@@H]2c1ccc(N2CCCC2)cc1. The first kappa shape index (κ1) is 17.7.